The average Bonchev–Trinajstić information content (AvgIpc) is 2.23. The number of aryl methyl sites for hydroxylation is 6. The van der Waals surface area contributed by atoms with E-state index in [1.54, 1.807) is 19.5 Å². The SMILES string of the molecule is C/C=C/COc1cc(C)c(OC2CCC(OC/C=N\OC)CC2)c(C)c1.C/C=C/COc1cc(C)c(OCC2CCC(COC/C(C)=N\OC)CC2)c(C)c1.C/C=C/COc1cc(C)c(OCC2CCC(COC/C=N\OC)CC2)c(C)c1.CC.CC.CC. The first-order chi connectivity index (χ1) is 43.3. The maximum absolute atomic E-state index is 6.32. The largest absolute Gasteiger partial charge is 0.493 e. The van der Waals surface area contributed by atoms with E-state index in [-0.39, 0.29) is 12.2 Å². The number of rotatable bonds is 31. The molecule has 89 heavy (non-hydrogen) atoms. The van der Waals surface area contributed by atoms with Crippen LogP contribution in [0.4, 0.5) is 0 Å². The summed E-state index contributed by atoms with van der Waals surface area (Å²) in [7, 11) is 4.63. The fourth-order valence-electron chi connectivity index (χ4n) is 10.6. The van der Waals surface area contributed by atoms with Crippen LogP contribution >= 0.6 is 0 Å². The van der Waals surface area contributed by atoms with Gasteiger partial charge in [0.15, 0.2) is 0 Å². The van der Waals surface area contributed by atoms with Gasteiger partial charge in [-0.3, -0.25) is 0 Å². The van der Waals surface area contributed by atoms with Gasteiger partial charge in [0.1, 0.15) is 75.6 Å². The van der Waals surface area contributed by atoms with Crippen LogP contribution in [-0.2, 0) is 28.7 Å². The van der Waals surface area contributed by atoms with Gasteiger partial charge in [-0.1, -0.05) is 93.5 Å². The maximum Gasteiger partial charge on any atom is 0.125 e. The second kappa shape index (κ2) is 51.7. The summed E-state index contributed by atoms with van der Waals surface area (Å²) >= 11 is 0. The summed E-state index contributed by atoms with van der Waals surface area (Å²) in [6, 6.07) is 12.4. The lowest BCUT2D eigenvalue weighted by Gasteiger charge is -2.29. The Morgan fingerprint density at radius 1 is 0.404 bits per heavy atom. The van der Waals surface area contributed by atoms with Crippen molar-refractivity contribution in [2.45, 2.75) is 200 Å². The summed E-state index contributed by atoms with van der Waals surface area (Å²) in [6.07, 6.45) is 29.4. The molecule has 6 rings (SSSR count). The minimum atomic E-state index is 0.245. The van der Waals surface area contributed by atoms with Crippen molar-refractivity contribution in [1.29, 1.82) is 0 Å². The van der Waals surface area contributed by atoms with E-state index in [9.17, 15) is 0 Å². The summed E-state index contributed by atoms with van der Waals surface area (Å²) < 4.78 is 53.2. The number of oxime groups is 3. The first kappa shape index (κ1) is 81.0. The van der Waals surface area contributed by atoms with Gasteiger partial charge in [-0.2, -0.15) is 0 Å². The Balaban J connectivity index is 0.000000640. The molecule has 3 aromatic carbocycles. The fraction of sp³-hybridized carbons (Fsp3) is 0.635. The van der Waals surface area contributed by atoms with Crippen molar-refractivity contribution in [2.75, 3.05) is 87.4 Å². The number of hydrogen-bond donors (Lipinski definition) is 0. The van der Waals surface area contributed by atoms with Gasteiger partial charge in [0, 0.05) is 13.2 Å². The van der Waals surface area contributed by atoms with Crippen LogP contribution in [0.2, 0.25) is 0 Å². The van der Waals surface area contributed by atoms with Crippen molar-refractivity contribution in [3.8, 4) is 34.5 Å². The predicted octanol–water partition coefficient (Wildman–Crippen LogP) is 18.3. The van der Waals surface area contributed by atoms with E-state index in [4.69, 9.17) is 47.5 Å². The zero-order valence-corrected chi connectivity index (χ0v) is 58.8. The van der Waals surface area contributed by atoms with Crippen LogP contribution in [0.15, 0.2) is 88.3 Å². The summed E-state index contributed by atoms with van der Waals surface area (Å²) in [5.74, 6) is 8.20. The first-order valence-electron chi connectivity index (χ1n) is 33.2. The van der Waals surface area contributed by atoms with Crippen molar-refractivity contribution in [3.05, 3.63) is 106 Å². The highest BCUT2D eigenvalue weighted by Crippen LogP contribution is 2.36. The van der Waals surface area contributed by atoms with Gasteiger partial charge < -0.3 is 57.1 Å². The van der Waals surface area contributed by atoms with Gasteiger partial charge >= 0.3 is 0 Å². The second-order valence-corrected chi connectivity index (χ2v) is 22.0. The molecule has 0 aliphatic heterocycles. The number of ether oxygens (including phenoxy) is 9. The van der Waals surface area contributed by atoms with Gasteiger partial charge in [0.05, 0.1) is 63.4 Å². The highest BCUT2D eigenvalue weighted by atomic mass is 16.6. The summed E-state index contributed by atoms with van der Waals surface area (Å²) in [4.78, 5) is 14.0. The molecule has 0 N–H and O–H groups in total. The van der Waals surface area contributed by atoms with Crippen LogP contribution in [0.25, 0.3) is 0 Å². The van der Waals surface area contributed by atoms with E-state index < -0.39 is 0 Å². The third kappa shape index (κ3) is 34.7. The third-order valence-electron chi connectivity index (χ3n) is 15.0. The Kier molecular flexibility index (Phi) is 47.0. The molecule has 3 fully saturated rings. The number of allylic oxidation sites excluding steroid dienone is 3. The Morgan fingerprint density at radius 2 is 0.742 bits per heavy atom. The van der Waals surface area contributed by atoms with Gasteiger partial charge in [0.2, 0.25) is 0 Å². The van der Waals surface area contributed by atoms with Crippen molar-refractivity contribution in [2.24, 2.45) is 39.1 Å². The molecule has 3 saturated carbocycles. The second-order valence-electron chi connectivity index (χ2n) is 22.0. The summed E-state index contributed by atoms with van der Waals surface area (Å²) in [5.41, 5.74) is 7.65. The monoisotopic (exact) mass is 1240 g/mol. The Hall–Kier alpha value is -6.03. The molecule has 0 unspecified atom stereocenters. The Bertz CT molecular complexity index is 2380. The van der Waals surface area contributed by atoms with Crippen molar-refractivity contribution in [3.63, 3.8) is 0 Å². The van der Waals surface area contributed by atoms with Crippen LogP contribution in [-0.4, -0.2) is 118 Å². The molecule has 504 valence electrons. The quantitative estimate of drug-likeness (QED) is 0.0261. The summed E-state index contributed by atoms with van der Waals surface area (Å²) in [5, 5.41) is 11.2. The molecule has 0 heterocycles. The lowest BCUT2D eigenvalue weighted by atomic mass is 9.83. The van der Waals surface area contributed by atoms with E-state index in [0.29, 0.717) is 63.3 Å². The molecule has 0 atom stereocenters. The highest BCUT2D eigenvalue weighted by molar-refractivity contribution is 5.82. The van der Waals surface area contributed by atoms with E-state index in [2.05, 4.69) is 103 Å². The smallest absolute Gasteiger partial charge is 0.125 e. The number of benzene rings is 3. The van der Waals surface area contributed by atoms with Crippen LogP contribution in [0.3, 0.4) is 0 Å². The van der Waals surface area contributed by atoms with Crippen LogP contribution in [0, 0.1) is 65.2 Å². The molecular weight excluding hydrogens is 1120 g/mol. The predicted molar refractivity (Wildman–Crippen MR) is 370 cm³/mol. The molecular formula is C74H121N3O12. The Morgan fingerprint density at radius 3 is 1.10 bits per heavy atom. The third-order valence-corrected chi connectivity index (χ3v) is 15.0. The molecule has 15 heteroatoms. The molecule has 3 aliphatic rings. The molecule has 0 amide bonds. The van der Waals surface area contributed by atoms with E-state index in [1.807, 2.05) is 106 Å². The molecule has 3 aliphatic carbocycles. The van der Waals surface area contributed by atoms with Gasteiger partial charge in [-0.05, 0) is 240 Å². The molecule has 0 saturated heterocycles. The standard InChI is InChI=1S/C24H37NO4.C23H35NO4.C21H31NO4.3C2H6/c1-6-7-12-28-23-13-18(2)24(19(3)14-23)29-17-22-10-8-21(9-11-22)16-27-15-20(4)25-26-5;1-5-6-12-27-22-14-18(2)23(19(3)15-22)28-17-21-9-7-20(8-10-21)16-26-13-11-24-25-4;1-5-6-12-24-20-14-16(2)21(17(3)15-20)26-19-9-7-18(8-10-19)25-13-11-22-23-4;3*1-2/h6-7,13-14,21-22H,8-12,15-17H2,1-5H3;5-6,11,14-15,20-21H,7-10,12-13,16-17H2,1-4H3;5-6,11,14-15,18-19H,7-10,12-13H2,1-4H3;3*1-2H3/b7-6+,25-20-;6-5+,24-11-;6-5+,22-11-;;;. The maximum atomic E-state index is 6.32. The van der Waals surface area contributed by atoms with Gasteiger partial charge in [0.25, 0.3) is 0 Å². The molecule has 0 spiro atoms. The molecule has 0 radical (unpaired) electrons. The lowest BCUT2D eigenvalue weighted by Crippen LogP contribution is -2.29. The molecule has 3 aromatic rings. The van der Waals surface area contributed by atoms with Crippen molar-refractivity contribution < 1.29 is 57.1 Å². The van der Waals surface area contributed by atoms with Crippen molar-refractivity contribution in [1.82, 2.24) is 0 Å². The first-order valence-corrected chi connectivity index (χ1v) is 33.2. The fourth-order valence-corrected chi connectivity index (χ4v) is 10.6. The van der Waals surface area contributed by atoms with Crippen LogP contribution < -0.4 is 28.4 Å². The summed E-state index contributed by atoms with van der Waals surface area (Å²) in [6.45, 7) is 38.9. The molecule has 0 bridgehead atoms. The molecule has 15 nitrogen and oxygen atoms in total. The van der Waals surface area contributed by atoms with Gasteiger partial charge in [-0.25, -0.2) is 0 Å². The topological polar surface area (TPSA) is 148 Å². The number of nitrogens with zero attached hydrogens (tertiary/aromatic N) is 3. The van der Waals surface area contributed by atoms with Crippen LogP contribution in [0.5, 0.6) is 34.5 Å². The van der Waals surface area contributed by atoms with E-state index in [0.717, 1.165) is 126 Å². The minimum Gasteiger partial charge on any atom is -0.493 e. The number of hydrogen-bond acceptors (Lipinski definition) is 15. The van der Waals surface area contributed by atoms with Crippen LogP contribution in [0.1, 0.15) is 180 Å². The normalized spacial score (nSPS) is 19.1. The van der Waals surface area contributed by atoms with Gasteiger partial charge in [-0.15, -0.1) is 0 Å². The van der Waals surface area contributed by atoms with E-state index in [1.165, 1.54) is 65.6 Å². The average molecular weight is 1240 g/mol. The molecule has 0 aromatic heterocycles. The lowest BCUT2D eigenvalue weighted by molar-refractivity contribution is 0.0203. The van der Waals surface area contributed by atoms with Crippen molar-refractivity contribution >= 4 is 18.1 Å². The zero-order valence-electron chi connectivity index (χ0n) is 58.8. The highest BCUT2D eigenvalue weighted by Gasteiger charge is 2.26. The van der Waals surface area contributed by atoms with E-state index >= 15 is 0 Å². The minimum absolute atomic E-state index is 0.245. The Labute approximate surface area is 540 Å². The zero-order chi connectivity index (χ0) is 66.0.